The average molecular weight is 330 g/mol. The van der Waals surface area contributed by atoms with Gasteiger partial charge in [-0.15, -0.1) is 0 Å². The molecular formula is C22H18O3. The van der Waals surface area contributed by atoms with Gasteiger partial charge in [0, 0.05) is 5.56 Å². The molecule has 3 aromatic carbocycles. The van der Waals surface area contributed by atoms with Crippen LogP contribution in [-0.4, -0.2) is 10.9 Å². The minimum atomic E-state index is -0.254. The van der Waals surface area contributed by atoms with Crippen LogP contribution in [0, 0.1) is 0 Å². The molecule has 0 unspecified atom stereocenters. The molecule has 3 rings (SSSR count). The van der Waals surface area contributed by atoms with Crippen LogP contribution in [0.1, 0.15) is 21.5 Å². The van der Waals surface area contributed by atoms with Gasteiger partial charge in [-0.3, -0.25) is 4.79 Å². The highest BCUT2D eigenvalue weighted by Gasteiger charge is 2.07. The SMILES string of the molecule is O=C(/C=C/c1ccccc1OCc1ccccc1)c1ccccc1O. The second-order valence-electron chi connectivity index (χ2n) is 5.53. The molecule has 1 N–H and O–H groups in total. The van der Waals surface area contributed by atoms with Gasteiger partial charge in [0.1, 0.15) is 18.1 Å². The lowest BCUT2D eigenvalue weighted by atomic mass is 10.1. The smallest absolute Gasteiger partial charge is 0.189 e. The van der Waals surface area contributed by atoms with E-state index in [2.05, 4.69) is 0 Å². The molecule has 0 bridgehead atoms. The number of benzene rings is 3. The Morgan fingerprint density at radius 1 is 0.880 bits per heavy atom. The predicted molar refractivity (Wildman–Crippen MR) is 98.7 cm³/mol. The number of para-hydroxylation sites is 2. The van der Waals surface area contributed by atoms with Crippen LogP contribution in [0.3, 0.4) is 0 Å². The third kappa shape index (κ3) is 4.36. The predicted octanol–water partition coefficient (Wildman–Crippen LogP) is 4.87. The Labute approximate surface area is 146 Å². The highest BCUT2D eigenvalue weighted by Crippen LogP contribution is 2.22. The van der Waals surface area contributed by atoms with Crippen molar-refractivity contribution >= 4 is 11.9 Å². The molecular weight excluding hydrogens is 312 g/mol. The van der Waals surface area contributed by atoms with Gasteiger partial charge in [0.05, 0.1) is 5.56 Å². The van der Waals surface area contributed by atoms with Crippen molar-refractivity contribution in [2.24, 2.45) is 0 Å². The molecule has 0 aliphatic carbocycles. The fraction of sp³-hybridized carbons (Fsp3) is 0.0455. The molecule has 0 aliphatic rings. The summed E-state index contributed by atoms with van der Waals surface area (Å²) in [4.78, 5) is 12.2. The molecule has 0 saturated carbocycles. The van der Waals surface area contributed by atoms with E-state index in [1.54, 1.807) is 24.3 Å². The highest BCUT2D eigenvalue weighted by atomic mass is 16.5. The summed E-state index contributed by atoms with van der Waals surface area (Å²) in [6.07, 6.45) is 3.15. The number of phenolic OH excluding ortho intramolecular Hbond substituents is 1. The molecule has 3 nitrogen and oxygen atoms in total. The van der Waals surface area contributed by atoms with Gasteiger partial charge in [0.25, 0.3) is 0 Å². The van der Waals surface area contributed by atoms with Gasteiger partial charge in [-0.05, 0) is 35.9 Å². The van der Waals surface area contributed by atoms with Gasteiger partial charge < -0.3 is 9.84 Å². The van der Waals surface area contributed by atoms with E-state index in [1.807, 2.05) is 54.6 Å². The molecule has 0 amide bonds. The van der Waals surface area contributed by atoms with Crippen LogP contribution in [0.2, 0.25) is 0 Å². The monoisotopic (exact) mass is 330 g/mol. The van der Waals surface area contributed by atoms with Gasteiger partial charge in [-0.25, -0.2) is 0 Å². The van der Waals surface area contributed by atoms with E-state index in [0.29, 0.717) is 12.4 Å². The first-order chi connectivity index (χ1) is 12.2. The first-order valence-electron chi connectivity index (χ1n) is 8.00. The summed E-state index contributed by atoms with van der Waals surface area (Å²) >= 11 is 0. The molecule has 124 valence electrons. The highest BCUT2D eigenvalue weighted by molar-refractivity contribution is 6.08. The zero-order chi connectivity index (χ0) is 17.5. The van der Waals surface area contributed by atoms with Crippen molar-refractivity contribution in [3.05, 3.63) is 102 Å². The Hall–Kier alpha value is -3.33. The number of carbonyl (C=O) groups is 1. The Morgan fingerprint density at radius 2 is 1.56 bits per heavy atom. The minimum Gasteiger partial charge on any atom is -0.507 e. The Balaban J connectivity index is 1.74. The van der Waals surface area contributed by atoms with Gasteiger partial charge in [-0.1, -0.05) is 60.7 Å². The molecule has 25 heavy (non-hydrogen) atoms. The number of ether oxygens (including phenoxy) is 1. The maximum absolute atomic E-state index is 12.2. The van der Waals surface area contributed by atoms with E-state index >= 15 is 0 Å². The van der Waals surface area contributed by atoms with Crippen LogP contribution >= 0.6 is 0 Å². The lowest BCUT2D eigenvalue weighted by molar-refractivity contribution is 0.104. The second kappa shape index (κ2) is 7.97. The number of ketones is 1. The van der Waals surface area contributed by atoms with Crippen molar-refractivity contribution in [2.75, 3.05) is 0 Å². The number of aromatic hydroxyl groups is 1. The van der Waals surface area contributed by atoms with E-state index < -0.39 is 0 Å². The molecule has 0 radical (unpaired) electrons. The fourth-order valence-electron chi connectivity index (χ4n) is 2.42. The Kier molecular flexibility index (Phi) is 5.27. The van der Waals surface area contributed by atoms with Crippen LogP contribution in [0.5, 0.6) is 11.5 Å². The van der Waals surface area contributed by atoms with Gasteiger partial charge in [-0.2, -0.15) is 0 Å². The first kappa shape index (κ1) is 16.5. The van der Waals surface area contributed by atoms with Crippen molar-refractivity contribution < 1.29 is 14.6 Å². The van der Waals surface area contributed by atoms with Crippen LogP contribution in [-0.2, 0) is 6.61 Å². The molecule has 0 aromatic heterocycles. The average Bonchev–Trinajstić information content (AvgIpc) is 2.66. The minimum absolute atomic E-state index is 0.0224. The summed E-state index contributed by atoms with van der Waals surface area (Å²) in [6.45, 7) is 0.457. The number of phenols is 1. The van der Waals surface area contributed by atoms with Crippen LogP contribution in [0.4, 0.5) is 0 Å². The van der Waals surface area contributed by atoms with E-state index in [9.17, 15) is 9.90 Å². The topological polar surface area (TPSA) is 46.5 Å². The third-order valence-electron chi connectivity index (χ3n) is 3.74. The number of hydrogen-bond donors (Lipinski definition) is 1. The van der Waals surface area contributed by atoms with Gasteiger partial charge >= 0.3 is 0 Å². The van der Waals surface area contributed by atoms with Crippen molar-refractivity contribution in [1.29, 1.82) is 0 Å². The number of allylic oxidation sites excluding steroid dienone is 1. The van der Waals surface area contributed by atoms with Crippen LogP contribution < -0.4 is 4.74 Å². The number of rotatable bonds is 6. The second-order valence-corrected chi connectivity index (χ2v) is 5.53. The van der Waals surface area contributed by atoms with Crippen LogP contribution in [0.25, 0.3) is 6.08 Å². The zero-order valence-corrected chi connectivity index (χ0v) is 13.6. The Morgan fingerprint density at radius 3 is 2.36 bits per heavy atom. The van der Waals surface area contributed by atoms with Crippen molar-refractivity contribution in [3.8, 4) is 11.5 Å². The summed E-state index contributed by atoms with van der Waals surface area (Å²) in [6, 6.07) is 23.9. The summed E-state index contributed by atoms with van der Waals surface area (Å²) in [5.41, 5.74) is 2.16. The van der Waals surface area contributed by atoms with Crippen molar-refractivity contribution in [2.45, 2.75) is 6.61 Å². The maximum Gasteiger partial charge on any atom is 0.189 e. The lowest BCUT2D eigenvalue weighted by Crippen LogP contribution is -1.97. The zero-order valence-electron chi connectivity index (χ0n) is 13.6. The largest absolute Gasteiger partial charge is 0.507 e. The van der Waals surface area contributed by atoms with E-state index in [0.717, 1.165) is 11.1 Å². The van der Waals surface area contributed by atoms with Crippen molar-refractivity contribution in [1.82, 2.24) is 0 Å². The summed E-state index contributed by atoms with van der Waals surface area (Å²) in [7, 11) is 0. The molecule has 0 aliphatic heterocycles. The van der Waals surface area contributed by atoms with Crippen molar-refractivity contribution in [3.63, 3.8) is 0 Å². The molecule has 0 atom stereocenters. The number of hydrogen-bond acceptors (Lipinski definition) is 3. The first-order valence-corrected chi connectivity index (χ1v) is 8.00. The van der Waals surface area contributed by atoms with E-state index in [1.165, 1.54) is 12.1 Å². The summed E-state index contributed by atoms with van der Waals surface area (Å²) in [5.74, 6) is 0.425. The third-order valence-corrected chi connectivity index (χ3v) is 3.74. The molecule has 3 heteroatoms. The molecule has 0 fully saturated rings. The quantitative estimate of drug-likeness (QED) is 0.518. The normalized spacial score (nSPS) is 10.7. The van der Waals surface area contributed by atoms with Gasteiger partial charge in [0.15, 0.2) is 5.78 Å². The number of carbonyl (C=O) groups excluding carboxylic acids is 1. The fourth-order valence-corrected chi connectivity index (χ4v) is 2.42. The van der Waals surface area contributed by atoms with E-state index in [4.69, 9.17) is 4.74 Å². The van der Waals surface area contributed by atoms with Gasteiger partial charge in [0.2, 0.25) is 0 Å². The summed E-state index contributed by atoms with van der Waals surface area (Å²) < 4.78 is 5.87. The van der Waals surface area contributed by atoms with Crippen LogP contribution in [0.15, 0.2) is 84.9 Å². The summed E-state index contributed by atoms with van der Waals surface area (Å²) in [5, 5.41) is 9.76. The maximum atomic E-state index is 12.2. The lowest BCUT2D eigenvalue weighted by Gasteiger charge is -2.09. The molecule has 0 spiro atoms. The van der Waals surface area contributed by atoms with E-state index in [-0.39, 0.29) is 17.1 Å². The standard InChI is InChI=1S/C22H18O3/c23-20-12-6-5-11-19(20)21(24)15-14-18-10-4-7-13-22(18)25-16-17-8-2-1-3-9-17/h1-15,23H,16H2/b15-14+. The Bertz CT molecular complexity index is 883. The molecule has 0 heterocycles. The molecule has 0 saturated heterocycles. The molecule has 3 aromatic rings.